The molecule has 0 saturated heterocycles. The molecule has 0 aliphatic heterocycles. The summed E-state index contributed by atoms with van der Waals surface area (Å²) in [6, 6.07) is 0. The predicted octanol–water partition coefficient (Wildman–Crippen LogP) is 2.60. The van der Waals surface area contributed by atoms with E-state index in [1.54, 1.807) is 7.11 Å². The summed E-state index contributed by atoms with van der Waals surface area (Å²) in [4.78, 5) is 11.7. The Labute approximate surface area is 122 Å². The van der Waals surface area contributed by atoms with Crippen molar-refractivity contribution in [3.63, 3.8) is 0 Å². The highest BCUT2D eigenvalue weighted by Gasteiger charge is 2.22. The molecular weight excluding hydrogens is 252 g/mol. The first-order valence-corrected chi connectivity index (χ1v) is 7.15. The lowest BCUT2D eigenvalue weighted by molar-refractivity contribution is 0.205. The van der Waals surface area contributed by atoms with Gasteiger partial charge in [0.15, 0.2) is 0 Å². The van der Waals surface area contributed by atoms with Crippen LogP contribution in [0.1, 0.15) is 39.1 Å². The zero-order valence-corrected chi connectivity index (χ0v) is 13.9. The summed E-state index contributed by atoms with van der Waals surface area (Å²) in [7, 11) is 3.62. The summed E-state index contributed by atoms with van der Waals surface area (Å²) < 4.78 is 5.19. The van der Waals surface area contributed by atoms with Crippen LogP contribution in [0.2, 0.25) is 0 Å². The number of rotatable bonds is 6. The quantitative estimate of drug-likeness (QED) is 0.868. The van der Waals surface area contributed by atoms with Crippen molar-refractivity contribution in [3.05, 3.63) is 11.4 Å². The number of aromatic nitrogens is 2. The summed E-state index contributed by atoms with van der Waals surface area (Å²) >= 11 is 0. The number of anilines is 2. The molecule has 1 aromatic rings. The second-order valence-electron chi connectivity index (χ2n) is 5.92. The molecule has 0 aliphatic rings. The molecule has 0 aliphatic carbocycles. The molecular formula is C15H28N4O. The van der Waals surface area contributed by atoms with E-state index in [2.05, 4.69) is 49.8 Å². The Bertz CT molecular complexity index is 440. The van der Waals surface area contributed by atoms with Gasteiger partial charge >= 0.3 is 0 Å². The van der Waals surface area contributed by atoms with E-state index in [1.165, 1.54) is 0 Å². The number of nitrogens with one attached hydrogen (secondary N) is 1. The monoisotopic (exact) mass is 280 g/mol. The first kappa shape index (κ1) is 16.7. The lowest BCUT2D eigenvalue weighted by Crippen LogP contribution is -2.30. The first-order chi connectivity index (χ1) is 9.35. The minimum Gasteiger partial charge on any atom is -0.383 e. The van der Waals surface area contributed by atoms with Gasteiger partial charge in [-0.1, -0.05) is 20.8 Å². The zero-order chi connectivity index (χ0) is 15.3. The molecule has 0 aromatic carbocycles. The van der Waals surface area contributed by atoms with Crippen molar-refractivity contribution in [3.8, 4) is 0 Å². The van der Waals surface area contributed by atoms with Crippen LogP contribution >= 0.6 is 0 Å². The van der Waals surface area contributed by atoms with Crippen LogP contribution in [-0.4, -0.2) is 43.8 Å². The molecule has 114 valence electrons. The summed E-state index contributed by atoms with van der Waals surface area (Å²) in [5.74, 6) is 2.75. The third-order valence-corrected chi connectivity index (χ3v) is 3.27. The molecule has 0 fully saturated rings. The maximum Gasteiger partial charge on any atom is 0.138 e. The second-order valence-corrected chi connectivity index (χ2v) is 5.92. The van der Waals surface area contributed by atoms with E-state index in [0.29, 0.717) is 6.61 Å². The normalized spacial score (nSPS) is 11.6. The average molecular weight is 280 g/mol. The Morgan fingerprint density at radius 3 is 2.35 bits per heavy atom. The minimum absolute atomic E-state index is 0.0747. The van der Waals surface area contributed by atoms with E-state index < -0.39 is 0 Å². The van der Waals surface area contributed by atoms with Crippen LogP contribution in [0.3, 0.4) is 0 Å². The highest BCUT2D eigenvalue weighted by molar-refractivity contribution is 5.58. The van der Waals surface area contributed by atoms with Crippen molar-refractivity contribution < 1.29 is 4.74 Å². The lowest BCUT2D eigenvalue weighted by atomic mass is 9.95. The largest absolute Gasteiger partial charge is 0.383 e. The van der Waals surface area contributed by atoms with Gasteiger partial charge in [-0.2, -0.15) is 0 Å². The second kappa shape index (κ2) is 6.88. The van der Waals surface area contributed by atoms with Crippen molar-refractivity contribution in [2.24, 2.45) is 0 Å². The molecule has 20 heavy (non-hydrogen) atoms. The van der Waals surface area contributed by atoms with Crippen LogP contribution in [0.25, 0.3) is 0 Å². The number of methoxy groups -OCH3 is 1. The summed E-state index contributed by atoms with van der Waals surface area (Å²) in [6.07, 6.45) is 0. The predicted molar refractivity (Wildman–Crippen MR) is 84.8 cm³/mol. The highest BCUT2D eigenvalue weighted by atomic mass is 16.5. The van der Waals surface area contributed by atoms with E-state index in [-0.39, 0.29) is 5.41 Å². The fourth-order valence-corrected chi connectivity index (χ4v) is 2.01. The Hall–Kier alpha value is -1.36. The molecule has 5 heteroatoms. The van der Waals surface area contributed by atoms with Crippen molar-refractivity contribution in [1.29, 1.82) is 0 Å². The van der Waals surface area contributed by atoms with E-state index in [9.17, 15) is 0 Å². The maximum atomic E-state index is 5.19. The highest BCUT2D eigenvalue weighted by Crippen LogP contribution is 2.28. The minimum atomic E-state index is -0.0747. The van der Waals surface area contributed by atoms with E-state index >= 15 is 0 Å². The Morgan fingerprint density at radius 1 is 1.25 bits per heavy atom. The molecule has 0 atom stereocenters. The molecule has 0 unspecified atom stereocenters. The number of nitrogens with zero attached hydrogens (tertiary/aromatic N) is 3. The van der Waals surface area contributed by atoms with Crippen molar-refractivity contribution in [2.45, 2.75) is 40.0 Å². The molecule has 0 bridgehead atoms. The first-order valence-electron chi connectivity index (χ1n) is 7.15. The molecule has 5 nitrogen and oxygen atoms in total. The van der Waals surface area contributed by atoms with Crippen molar-refractivity contribution in [2.75, 3.05) is 44.1 Å². The van der Waals surface area contributed by atoms with Crippen molar-refractivity contribution >= 4 is 11.6 Å². The van der Waals surface area contributed by atoms with Gasteiger partial charge in [0.25, 0.3) is 0 Å². The van der Waals surface area contributed by atoms with Gasteiger partial charge in [-0.3, -0.25) is 0 Å². The SMILES string of the molecule is CCN(CCOC)c1nc(C(C)(C)C)nc(NC)c1C. The van der Waals surface area contributed by atoms with E-state index in [4.69, 9.17) is 9.72 Å². The molecule has 0 saturated carbocycles. The molecule has 1 N–H and O–H groups in total. The standard InChI is InChI=1S/C15H28N4O/c1-8-19(9-10-20-7)13-11(2)12(16-6)17-14(18-13)15(3,4)5/h8-10H2,1-7H3,(H,16,17,18). The molecule has 0 spiro atoms. The van der Waals surface area contributed by atoms with Crippen LogP contribution in [0.15, 0.2) is 0 Å². The number of likely N-dealkylation sites (N-methyl/N-ethyl adjacent to an activating group) is 1. The molecule has 0 radical (unpaired) electrons. The fraction of sp³-hybridized carbons (Fsp3) is 0.733. The smallest absolute Gasteiger partial charge is 0.138 e. The average Bonchev–Trinajstić information content (AvgIpc) is 2.39. The van der Waals surface area contributed by atoms with Gasteiger partial charge in [-0.05, 0) is 13.8 Å². The van der Waals surface area contributed by atoms with Gasteiger partial charge in [0.2, 0.25) is 0 Å². The van der Waals surface area contributed by atoms with Crippen LogP contribution < -0.4 is 10.2 Å². The van der Waals surface area contributed by atoms with Gasteiger partial charge in [0.05, 0.1) is 6.61 Å². The van der Waals surface area contributed by atoms with Gasteiger partial charge < -0.3 is 15.0 Å². The molecule has 1 aromatic heterocycles. The van der Waals surface area contributed by atoms with E-state index in [0.717, 1.165) is 36.1 Å². The van der Waals surface area contributed by atoms with Crippen LogP contribution in [-0.2, 0) is 10.2 Å². The van der Waals surface area contributed by atoms with Gasteiger partial charge in [0, 0.05) is 38.2 Å². The number of hydrogen-bond donors (Lipinski definition) is 1. The van der Waals surface area contributed by atoms with Crippen LogP contribution in [0, 0.1) is 6.92 Å². The van der Waals surface area contributed by atoms with Crippen LogP contribution in [0.5, 0.6) is 0 Å². The summed E-state index contributed by atoms with van der Waals surface area (Å²) in [5.41, 5.74) is 1.01. The topological polar surface area (TPSA) is 50.3 Å². The number of ether oxygens (including phenoxy) is 1. The molecule has 0 amide bonds. The third kappa shape index (κ3) is 3.82. The van der Waals surface area contributed by atoms with Crippen molar-refractivity contribution in [1.82, 2.24) is 9.97 Å². The summed E-state index contributed by atoms with van der Waals surface area (Å²) in [5, 5.41) is 3.17. The van der Waals surface area contributed by atoms with Gasteiger partial charge in [-0.25, -0.2) is 9.97 Å². The summed E-state index contributed by atoms with van der Waals surface area (Å²) in [6.45, 7) is 13.0. The van der Waals surface area contributed by atoms with E-state index in [1.807, 2.05) is 7.05 Å². The van der Waals surface area contributed by atoms with Crippen LogP contribution in [0.4, 0.5) is 11.6 Å². The third-order valence-electron chi connectivity index (χ3n) is 3.27. The molecule has 1 rings (SSSR count). The Morgan fingerprint density at radius 2 is 1.90 bits per heavy atom. The Kier molecular flexibility index (Phi) is 5.74. The zero-order valence-electron chi connectivity index (χ0n) is 13.9. The Balaban J connectivity index is 3.28. The lowest BCUT2D eigenvalue weighted by Gasteiger charge is -2.27. The fourth-order valence-electron chi connectivity index (χ4n) is 2.01. The van der Waals surface area contributed by atoms with Gasteiger partial charge in [0.1, 0.15) is 17.5 Å². The maximum absolute atomic E-state index is 5.19. The molecule has 1 heterocycles. The number of hydrogen-bond acceptors (Lipinski definition) is 5. The van der Waals surface area contributed by atoms with Gasteiger partial charge in [-0.15, -0.1) is 0 Å².